The molecule has 1 aromatic heterocycles. The molecule has 0 bridgehead atoms. The van der Waals surface area contributed by atoms with Crippen molar-refractivity contribution in [2.24, 2.45) is 0 Å². The van der Waals surface area contributed by atoms with Gasteiger partial charge in [0.2, 0.25) is 0 Å². The second-order valence-electron chi connectivity index (χ2n) is 4.16. The van der Waals surface area contributed by atoms with Crippen LogP contribution in [-0.4, -0.2) is 34.7 Å². The van der Waals surface area contributed by atoms with Gasteiger partial charge in [-0.15, -0.1) is 5.10 Å². The lowest BCUT2D eigenvalue weighted by Crippen LogP contribution is -2.27. The van der Waals surface area contributed by atoms with Gasteiger partial charge in [0.25, 0.3) is 0 Å². The molecular weight excluding hydrogens is 190 g/mol. The van der Waals surface area contributed by atoms with Gasteiger partial charge in [-0.25, -0.2) is 0 Å². The molecule has 0 saturated carbocycles. The van der Waals surface area contributed by atoms with Crippen LogP contribution in [0.4, 0.5) is 11.5 Å². The third-order valence-corrected chi connectivity index (χ3v) is 3.02. The fraction of sp³-hybridized carbons (Fsp3) is 0.600. The maximum absolute atomic E-state index is 5.69. The summed E-state index contributed by atoms with van der Waals surface area (Å²) in [6, 6.07) is 2.40. The minimum atomic E-state index is 0.318. The van der Waals surface area contributed by atoms with Crippen LogP contribution in [0.1, 0.15) is 18.5 Å². The lowest BCUT2D eigenvalue weighted by atomic mass is 10.1. The Morgan fingerprint density at radius 2 is 2.27 bits per heavy atom. The van der Waals surface area contributed by atoms with E-state index in [1.807, 2.05) is 6.07 Å². The Kier molecular flexibility index (Phi) is 2.73. The second kappa shape index (κ2) is 4.02. The monoisotopic (exact) mass is 207 g/mol. The molecule has 0 spiro atoms. The molecule has 0 aromatic carbocycles. The zero-order valence-electron chi connectivity index (χ0n) is 8.98. The molecule has 1 aliphatic heterocycles. The highest BCUT2D eigenvalue weighted by Gasteiger charge is 2.21. The molecule has 2 rings (SSSR count). The number of likely N-dealkylation sites (N-methyl/N-ethyl adjacent to an activating group) is 1. The van der Waals surface area contributed by atoms with E-state index in [-0.39, 0.29) is 0 Å². The highest BCUT2D eigenvalue weighted by atomic mass is 15.2. The number of anilines is 2. The molecule has 1 unspecified atom stereocenters. The van der Waals surface area contributed by atoms with Crippen LogP contribution >= 0.6 is 0 Å². The molecule has 82 valence electrons. The van der Waals surface area contributed by atoms with Crippen LogP contribution in [0.15, 0.2) is 6.07 Å². The van der Waals surface area contributed by atoms with E-state index >= 15 is 0 Å². The molecule has 4 N–H and O–H groups in total. The number of rotatable bonds is 2. The van der Waals surface area contributed by atoms with Gasteiger partial charge < -0.3 is 16.4 Å². The summed E-state index contributed by atoms with van der Waals surface area (Å²) >= 11 is 0. The molecule has 1 atom stereocenters. The van der Waals surface area contributed by atoms with Gasteiger partial charge in [0.05, 0.1) is 11.4 Å². The van der Waals surface area contributed by atoms with Crippen molar-refractivity contribution in [3.63, 3.8) is 0 Å². The highest BCUT2D eigenvalue weighted by molar-refractivity contribution is 5.57. The summed E-state index contributed by atoms with van der Waals surface area (Å²) in [7, 11) is 2.14. The zero-order chi connectivity index (χ0) is 10.8. The summed E-state index contributed by atoms with van der Waals surface area (Å²) < 4.78 is 0. The lowest BCUT2D eigenvalue weighted by Gasteiger charge is -2.18. The van der Waals surface area contributed by atoms with Gasteiger partial charge in [-0.05, 0) is 32.5 Å². The zero-order valence-corrected chi connectivity index (χ0v) is 8.98. The standard InChI is InChI=1S/C10H17N5/c1-15-4-2-3-8(15)5-7-6-9(11)10(12)14-13-7/h6,8H,2-5H2,1H3,(H2,11,13)(H2,12,14). The van der Waals surface area contributed by atoms with E-state index in [0.29, 0.717) is 17.5 Å². The van der Waals surface area contributed by atoms with E-state index in [1.165, 1.54) is 19.4 Å². The summed E-state index contributed by atoms with van der Waals surface area (Å²) in [4.78, 5) is 2.36. The first-order valence-corrected chi connectivity index (χ1v) is 5.24. The van der Waals surface area contributed by atoms with Crippen molar-refractivity contribution in [1.29, 1.82) is 0 Å². The predicted molar refractivity (Wildman–Crippen MR) is 60.2 cm³/mol. The molecule has 5 heteroatoms. The van der Waals surface area contributed by atoms with Crippen molar-refractivity contribution in [3.8, 4) is 0 Å². The number of hydrogen-bond acceptors (Lipinski definition) is 5. The summed E-state index contributed by atoms with van der Waals surface area (Å²) in [5.41, 5.74) is 12.7. The maximum atomic E-state index is 5.69. The van der Waals surface area contributed by atoms with Crippen LogP contribution in [0.25, 0.3) is 0 Å². The van der Waals surface area contributed by atoms with E-state index in [9.17, 15) is 0 Å². The molecule has 0 amide bonds. The molecule has 2 heterocycles. The molecule has 1 saturated heterocycles. The minimum Gasteiger partial charge on any atom is -0.396 e. The fourth-order valence-electron chi connectivity index (χ4n) is 2.04. The number of nitrogens with two attached hydrogens (primary N) is 2. The maximum Gasteiger partial charge on any atom is 0.169 e. The summed E-state index contributed by atoms with van der Waals surface area (Å²) in [6.45, 7) is 1.17. The van der Waals surface area contributed by atoms with Crippen molar-refractivity contribution in [3.05, 3.63) is 11.8 Å². The third-order valence-electron chi connectivity index (χ3n) is 3.02. The van der Waals surface area contributed by atoms with Gasteiger partial charge in [-0.2, -0.15) is 5.10 Å². The van der Waals surface area contributed by atoms with Crippen LogP contribution < -0.4 is 11.5 Å². The van der Waals surface area contributed by atoms with Crippen LogP contribution in [0.2, 0.25) is 0 Å². The summed E-state index contributed by atoms with van der Waals surface area (Å²) in [6.07, 6.45) is 3.40. The minimum absolute atomic E-state index is 0.318. The van der Waals surface area contributed by atoms with Crippen molar-refractivity contribution in [2.75, 3.05) is 25.1 Å². The van der Waals surface area contributed by atoms with E-state index in [1.54, 1.807) is 0 Å². The number of likely N-dealkylation sites (tertiary alicyclic amines) is 1. The number of nitrogen functional groups attached to an aromatic ring is 2. The van der Waals surface area contributed by atoms with Gasteiger partial charge in [-0.3, -0.25) is 0 Å². The SMILES string of the molecule is CN1CCCC1Cc1cc(N)c(N)nn1. The Labute approximate surface area is 89.5 Å². The smallest absolute Gasteiger partial charge is 0.169 e. The molecule has 5 nitrogen and oxygen atoms in total. The molecule has 15 heavy (non-hydrogen) atoms. The Morgan fingerprint density at radius 3 is 2.87 bits per heavy atom. The molecular formula is C10H17N5. The lowest BCUT2D eigenvalue weighted by molar-refractivity contribution is 0.307. The Morgan fingerprint density at radius 1 is 1.47 bits per heavy atom. The third kappa shape index (κ3) is 2.18. The summed E-state index contributed by atoms with van der Waals surface area (Å²) in [5.74, 6) is 0.318. The molecule has 1 aliphatic rings. The predicted octanol–water partition coefficient (Wildman–Crippen LogP) is 0.278. The molecule has 0 radical (unpaired) electrons. The average Bonchev–Trinajstić information content (AvgIpc) is 2.59. The second-order valence-corrected chi connectivity index (χ2v) is 4.16. The first kappa shape index (κ1) is 10.2. The highest BCUT2D eigenvalue weighted by Crippen LogP contribution is 2.19. The quantitative estimate of drug-likeness (QED) is 0.728. The normalized spacial score (nSPS) is 22.1. The Bertz CT molecular complexity index is 352. The van der Waals surface area contributed by atoms with E-state index in [0.717, 1.165) is 12.1 Å². The van der Waals surface area contributed by atoms with E-state index < -0.39 is 0 Å². The largest absolute Gasteiger partial charge is 0.396 e. The van der Waals surface area contributed by atoms with Crippen LogP contribution in [-0.2, 0) is 6.42 Å². The van der Waals surface area contributed by atoms with Gasteiger partial charge in [-0.1, -0.05) is 0 Å². The Balaban J connectivity index is 2.07. The van der Waals surface area contributed by atoms with E-state index in [2.05, 4.69) is 22.1 Å². The number of aromatic nitrogens is 2. The van der Waals surface area contributed by atoms with Gasteiger partial charge in [0.1, 0.15) is 0 Å². The Hall–Kier alpha value is -1.36. The first-order chi connectivity index (χ1) is 7.16. The molecule has 1 fully saturated rings. The molecule has 1 aromatic rings. The van der Waals surface area contributed by atoms with Crippen LogP contribution in [0, 0.1) is 0 Å². The van der Waals surface area contributed by atoms with E-state index in [4.69, 9.17) is 11.5 Å². The van der Waals surface area contributed by atoms with Gasteiger partial charge in [0.15, 0.2) is 5.82 Å². The summed E-state index contributed by atoms with van der Waals surface area (Å²) in [5, 5.41) is 7.89. The van der Waals surface area contributed by atoms with Crippen molar-refractivity contribution >= 4 is 11.5 Å². The topological polar surface area (TPSA) is 81.1 Å². The van der Waals surface area contributed by atoms with Gasteiger partial charge in [0, 0.05) is 12.5 Å². The average molecular weight is 207 g/mol. The molecule has 0 aliphatic carbocycles. The fourth-order valence-corrected chi connectivity index (χ4v) is 2.04. The van der Waals surface area contributed by atoms with Crippen molar-refractivity contribution in [1.82, 2.24) is 15.1 Å². The van der Waals surface area contributed by atoms with Crippen molar-refractivity contribution in [2.45, 2.75) is 25.3 Å². The van der Waals surface area contributed by atoms with Crippen LogP contribution in [0.5, 0.6) is 0 Å². The number of nitrogens with zero attached hydrogens (tertiary/aromatic N) is 3. The van der Waals surface area contributed by atoms with Gasteiger partial charge >= 0.3 is 0 Å². The number of hydrogen-bond donors (Lipinski definition) is 2. The van der Waals surface area contributed by atoms with Crippen LogP contribution in [0.3, 0.4) is 0 Å². The first-order valence-electron chi connectivity index (χ1n) is 5.24. The van der Waals surface area contributed by atoms with Crippen molar-refractivity contribution < 1.29 is 0 Å².